The van der Waals surface area contributed by atoms with Crippen LogP contribution in [0.5, 0.6) is 5.75 Å². The van der Waals surface area contributed by atoms with Gasteiger partial charge in [-0.1, -0.05) is 24.3 Å². The molecule has 3 aromatic rings. The van der Waals surface area contributed by atoms with E-state index in [4.69, 9.17) is 4.98 Å². The van der Waals surface area contributed by atoms with E-state index in [1.54, 1.807) is 6.07 Å². The van der Waals surface area contributed by atoms with E-state index < -0.39 is 5.60 Å². The lowest BCUT2D eigenvalue weighted by Crippen LogP contribution is -2.65. The Morgan fingerprint density at radius 1 is 0.977 bits per heavy atom. The average Bonchev–Trinajstić information content (AvgIpc) is 3.51. The Balaban J connectivity index is 1.34. The maximum Gasteiger partial charge on any atom is 0.139 e. The number of phenols is 1. The lowest BCUT2D eigenvalue weighted by molar-refractivity contribution is -0.122. The van der Waals surface area contributed by atoms with E-state index in [1.807, 2.05) is 24.4 Å². The molecule has 7 nitrogen and oxygen atoms in total. The van der Waals surface area contributed by atoms with Crippen molar-refractivity contribution in [2.75, 3.05) is 26.2 Å². The van der Waals surface area contributed by atoms with Crippen LogP contribution in [0.25, 0.3) is 27.4 Å². The molecule has 5 aliphatic rings. The van der Waals surface area contributed by atoms with Crippen molar-refractivity contribution in [2.45, 2.75) is 88.3 Å². The zero-order valence-corrected chi connectivity index (χ0v) is 25.1. The van der Waals surface area contributed by atoms with E-state index >= 15 is 0 Å². The molecular weight excluding hydrogens is 536 g/mol. The van der Waals surface area contributed by atoms with Crippen molar-refractivity contribution in [1.82, 2.24) is 19.8 Å². The number of hydrogen-bond donors (Lipinski definition) is 3. The summed E-state index contributed by atoms with van der Waals surface area (Å²) in [5.74, 6) is 0.851. The zero-order chi connectivity index (χ0) is 29.2. The maximum atomic E-state index is 13.1. The number of H-pyrrole nitrogens is 1. The molecule has 43 heavy (non-hydrogen) atoms. The summed E-state index contributed by atoms with van der Waals surface area (Å²) in [6, 6.07) is 7.85. The standard InChI is InChI=1S/C36H44N4O3/c41-25-10-5-8-18-40-24(20-25)21-35-23-39-17-7-4-2-1-3-6-15-36(43,34(35)40)22-28(29(35)14-19-39)32-33-27(13-16-37-32)26-11-9-12-30(42)31(26)38-33/h1,3,9,11-13,16,22,24,29,34,38,42-43H,2,4-8,10,14-15,17-21,23H2/b3-1-/t24-,29-,34+,35-,36-/m0/s1. The van der Waals surface area contributed by atoms with Crippen molar-refractivity contribution in [3.05, 3.63) is 54.4 Å². The van der Waals surface area contributed by atoms with Crippen molar-refractivity contribution in [1.29, 1.82) is 0 Å². The van der Waals surface area contributed by atoms with Crippen molar-refractivity contribution >= 4 is 33.2 Å². The molecule has 0 saturated carbocycles. The topological polar surface area (TPSA) is 92.7 Å². The Bertz CT molecular complexity index is 1630. The van der Waals surface area contributed by atoms with Gasteiger partial charge in [0.25, 0.3) is 0 Å². The second kappa shape index (κ2) is 10.6. The first-order valence-electron chi connectivity index (χ1n) is 16.7. The van der Waals surface area contributed by atoms with Crippen LogP contribution >= 0.6 is 0 Å². The number of Topliss-reactive ketones (excluding diaryl/α,β-unsaturated/α-hetero) is 1. The highest BCUT2D eigenvalue weighted by atomic mass is 16.3. The molecule has 3 N–H and O–H groups in total. The highest BCUT2D eigenvalue weighted by Gasteiger charge is 2.66. The van der Waals surface area contributed by atoms with Gasteiger partial charge in [-0.3, -0.25) is 14.7 Å². The van der Waals surface area contributed by atoms with Gasteiger partial charge in [-0.2, -0.15) is 0 Å². The number of aromatic hydroxyl groups is 1. The van der Waals surface area contributed by atoms with Crippen molar-refractivity contribution in [2.24, 2.45) is 11.3 Å². The Hall–Kier alpha value is -3.00. The summed E-state index contributed by atoms with van der Waals surface area (Å²) in [4.78, 5) is 26.9. The number of aliphatic hydroxyl groups is 1. The summed E-state index contributed by atoms with van der Waals surface area (Å²) >= 11 is 0. The smallest absolute Gasteiger partial charge is 0.139 e. The van der Waals surface area contributed by atoms with Gasteiger partial charge in [0, 0.05) is 53.9 Å². The van der Waals surface area contributed by atoms with Crippen LogP contribution in [0.1, 0.15) is 76.3 Å². The van der Waals surface area contributed by atoms with Gasteiger partial charge in [0.1, 0.15) is 11.5 Å². The van der Waals surface area contributed by atoms with Crippen LogP contribution < -0.4 is 0 Å². The molecule has 1 unspecified atom stereocenters. The zero-order valence-electron chi connectivity index (χ0n) is 25.1. The van der Waals surface area contributed by atoms with Gasteiger partial charge < -0.3 is 20.1 Å². The van der Waals surface area contributed by atoms with Crippen LogP contribution in [0.4, 0.5) is 0 Å². The third-order valence-electron chi connectivity index (χ3n) is 11.5. The number of phenolic OH excluding ortho intramolecular Hbond substituents is 1. The molecule has 226 valence electrons. The normalized spacial score (nSPS) is 36.1. The molecule has 3 bridgehead atoms. The SMILES string of the molecule is O=C1CCCCN2[C@@H](C1)C[C@]13CN4CCCC/C=C\CC[C@](O)(C=C(c5nccc6c5[nH]c5c(O)cccc56)[C@@H]1CC4)[C@H]23. The summed E-state index contributed by atoms with van der Waals surface area (Å²) < 4.78 is 0. The van der Waals surface area contributed by atoms with Gasteiger partial charge in [-0.15, -0.1) is 0 Å². The second-order valence-corrected chi connectivity index (χ2v) is 14.1. The Kier molecular flexibility index (Phi) is 6.77. The first-order chi connectivity index (χ1) is 21.0. The van der Waals surface area contributed by atoms with Crippen LogP contribution in [-0.4, -0.2) is 79.6 Å². The maximum absolute atomic E-state index is 13.1. The third-order valence-corrected chi connectivity index (χ3v) is 11.5. The first-order valence-corrected chi connectivity index (χ1v) is 16.7. The number of aromatic amines is 1. The summed E-state index contributed by atoms with van der Waals surface area (Å²) in [5.41, 5.74) is 2.51. The van der Waals surface area contributed by atoms with Gasteiger partial charge in [0.2, 0.25) is 0 Å². The number of piperidine rings is 1. The molecule has 8 rings (SSSR count). The fourth-order valence-corrected chi connectivity index (χ4v) is 9.91. The first kappa shape index (κ1) is 27.5. The monoisotopic (exact) mass is 580 g/mol. The van der Waals surface area contributed by atoms with E-state index in [0.717, 1.165) is 97.8 Å². The van der Waals surface area contributed by atoms with Crippen LogP contribution in [0.3, 0.4) is 0 Å². The van der Waals surface area contributed by atoms with Crippen molar-refractivity contribution < 1.29 is 15.0 Å². The molecule has 0 radical (unpaired) electrons. The van der Waals surface area contributed by atoms with Crippen molar-refractivity contribution in [3.63, 3.8) is 0 Å². The fourth-order valence-electron chi connectivity index (χ4n) is 9.91. The summed E-state index contributed by atoms with van der Waals surface area (Å²) in [7, 11) is 0. The minimum atomic E-state index is -1.04. The largest absolute Gasteiger partial charge is 0.506 e. The number of nitrogens with one attached hydrogen (secondary N) is 1. The molecule has 0 amide bonds. The highest BCUT2D eigenvalue weighted by molar-refractivity contribution is 6.11. The molecule has 1 spiro atoms. The van der Waals surface area contributed by atoms with Gasteiger partial charge in [0.05, 0.1) is 22.3 Å². The Morgan fingerprint density at radius 2 is 1.84 bits per heavy atom. The summed E-state index contributed by atoms with van der Waals surface area (Å²) in [6.07, 6.45) is 18.9. The van der Waals surface area contributed by atoms with Crippen LogP contribution in [0.15, 0.2) is 48.7 Å². The van der Waals surface area contributed by atoms with Gasteiger partial charge in [-0.25, -0.2) is 0 Å². The second-order valence-electron chi connectivity index (χ2n) is 14.1. The highest BCUT2D eigenvalue weighted by Crippen LogP contribution is 2.62. The molecule has 3 saturated heterocycles. The predicted molar refractivity (Wildman–Crippen MR) is 170 cm³/mol. The molecule has 4 aliphatic heterocycles. The molecule has 6 heterocycles. The molecule has 7 heteroatoms. The molecule has 2 aromatic heterocycles. The number of pyridine rings is 1. The summed E-state index contributed by atoms with van der Waals surface area (Å²) in [5, 5.41) is 25.8. The number of hydrogen-bond acceptors (Lipinski definition) is 6. The average molecular weight is 581 g/mol. The van der Waals surface area contributed by atoms with E-state index in [1.165, 1.54) is 12.8 Å². The molecule has 1 aromatic carbocycles. The van der Waals surface area contributed by atoms with E-state index in [2.05, 4.69) is 33.0 Å². The molecule has 3 fully saturated rings. The van der Waals surface area contributed by atoms with E-state index in [-0.39, 0.29) is 29.2 Å². The number of allylic oxidation sites excluding steroid dienone is 3. The van der Waals surface area contributed by atoms with Gasteiger partial charge in [0.15, 0.2) is 0 Å². The van der Waals surface area contributed by atoms with Crippen LogP contribution in [0.2, 0.25) is 0 Å². The predicted octanol–water partition coefficient (Wildman–Crippen LogP) is 5.96. The lowest BCUT2D eigenvalue weighted by Gasteiger charge is -2.58. The van der Waals surface area contributed by atoms with Crippen LogP contribution in [0, 0.1) is 11.3 Å². The fraction of sp³-hybridized carbons (Fsp3) is 0.556. The number of rotatable bonds is 1. The molecule has 1 aliphatic carbocycles. The minimum Gasteiger partial charge on any atom is -0.506 e. The molecular formula is C36H44N4O3. The number of aromatic nitrogens is 2. The lowest BCUT2D eigenvalue weighted by atomic mass is 9.54. The number of benzene rings is 1. The minimum absolute atomic E-state index is 0.0208. The van der Waals surface area contributed by atoms with Gasteiger partial charge >= 0.3 is 0 Å². The Morgan fingerprint density at radius 3 is 2.77 bits per heavy atom. The van der Waals surface area contributed by atoms with E-state index in [0.29, 0.717) is 25.0 Å². The summed E-state index contributed by atoms with van der Waals surface area (Å²) in [6.45, 7) is 4.04. The quantitative estimate of drug-likeness (QED) is 0.308. The Labute approximate surface area is 253 Å². The number of nitrogens with zero attached hydrogens (tertiary/aromatic N) is 3. The number of para-hydroxylation sites is 1. The van der Waals surface area contributed by atoms with Crippen molar-refractivity contribution in [3.8, 4) is 5.75 Å². The number of carbonyl (C=O) groups excluding carboxylic acids is 1. The number of carbonyl (C=O) groups is 1. The number of fused-ring (bicyclic) bond motifs is 5. The van der Waals surface area contributed by atoms with E-state index in [9.17, 15) is 15.0 Å². The van der Waals surface area contributed by atoms with Crippen LogP contribution in [-0.2, 0) is 4.79 Å². The molecule has 6 atom stereocenters. The van der Waals surface area contributed by atoms with Gasteiger partial charge in [-0.05, 0) is 107 Å². The third kappa shape index (κ3) is 4.41. The number of ketones is 1.